The molecule has 3 aromatic rings. The summed E-state index contributed by atoms with van der Waals surface area (Å²) in [5, 5.41) is 11.1. The third-order valence-corrected chi connectivity index (χ3v) is 6.44. The normalized spacial score (nSPS) is 12.8. The Morgan fingerprint density at radius 2 is 2.07 bits per heavy atom. The van der Waals surface area contributed by atoms with Crippen molar-refractivity contribution in [1.82, 2.24) is 14.8 Å². The predicted molar refractivity (Wildman–Crippen MR) is 113 cm³/mol. The number of ether oxygens (including phenoxy) is 1. The predicted octanol–water partition coefficient (Wildman–Crippen LogP) is 3.25. The Balaban J connectivity index is 1.30. The Hall–Kier alpha value is -2.65. The number of nitrogens with zero attached hydrogens (tertiary/aromatic N) is 4. The summed E-state index contributed by atoms with van der Waals surface area (Å²) in [6, 6.07) is 11.8. The van der Waals surface area contributed by atoms with E-state index in [1.807, 2.05) is 53.3 Å². The monoisotopic (exact) mass is 428 g/mol. The summed E-state index contributed by atoms with van der Waals surface area (Å²) in [7, 11) is 0. The first-order valence-electron chi connectivity index (χ1n) is 9.31. The maximum Gasteiger partial charge on any atom is 0.316 e. The second kappa shape index (κ2) is 8.79. The summed E-state index contributed by atoms with van der Waals surface area (Å²) in [5.74, 6) is 0.220. The summed E-state index contributed by atoms with van der Waals surface area (Å²) >= 11 is 2.86. The summed E-state index contributed by atoms with van der Waals surface area (Å²) in [5.41, 5.74) is 2.04. The second-order valence-corrected chi connectivity index (χ2v) is 8.29. The maximum absolute atomic E-state index is 12.4. The van der Waals surface area contributed by atoms with Gasteiger partial charge in [-0.25, -0.2) is 0 Å². The van der Waals surface area contributed by atoms with Crippen molar-refractivity contribution in [2.45, 2.75) is 25.0 Å². The number of thioether (sulfide) groups is 1. The Morgan fingerprint density at radius 3 is 2.86 bits per heavy atom. The molecular formula is C20H20N4O3S2. The van der Waals surface area contributed by atoms with E-state index in [1.165, 1.54) is 11.8 Å². The fraction of sp³-hybridized carbons (Fsp3) is 0.300. The fourth-order valence-corrected chi connectivity index (χ4v) is 4.77. The number of aromatic nitrogens is 3. The van der Waals surface area contributed by atoms with E-state index in [0.717, 1.165) is 28.4 Å². The van der Waals surface area contributed by atoms with Crippen LogP contribution in [0, 0.1) is 0 Å². The number of anilines is 1. The van der Waals surface area contributed by atoms with Crippen molar-refractivity contribution in [3.63, 3.8) is 0 Å². The molecule has 0 saturated heterocycles. The van der Waals surface area contributed by atoms with Crippen molar-refractivity contribution in [3.05, 3.63) is 47.3 Å². The second-order valence-electron chi connectivity index (χ2n) is 6.40. The lowest BCUT2D eigenvalue weighted by Crippen LogP contribution is -2.33. The number of rotatable bonds is 7. The van der Waals surface area contributed by atoms with Gasteiger partial charge in [0.25, 0.3) is 5.91 Å². The zero-order valence-electron chi connectivity index (χ0n) is 15.9. The average molecular weight is 429 g/mol. The van der Waals surface area contributed by atoms with Crippen LogP contribution < -0.4 is 4.90 Å². The molecule has 150 valence electrons. The maximum atomic E-state index is 12.4. The van der Waals surface area contributed by atoms with Gasteiger partial charge in [0.2, 0.25) is 0 Å². The highest BCUT2D eigenvalue weighted by Crippen LogP contribution is 2.28. The molecule has 2 aromatic heterocycles. The van der Waals surface area contributed by atoms with Crippen LogP contribution in [0.15, 0.2) is 46.9 Å². The van der Waals surface area contributed by atoms with Crippen LogP contribution in [-0.2, 0) is 27.3 Å². The molecule has 9 heteroatoms. The van der Waals surface area contributed by atoms with Crippen LogP contribution in [0.25, 0.3) is 10.7 Å². The van der Waals surface area contributed by atoms with E-state index in [1.54, 1.807) is 16.2 Å². The Morgan fingerprint density at radius 1 is 1.21 bits per heavy atom. The standard InChI is InChI=1S/C20H20N4O3S2/c1-2-23-19(16-8-5-11-28-16)21-22-20(23)29-13-18(26)27-12-17(25)24-10-9-14-6-3-4-7-15(14)24/h3-8,11H,2,9-10,12-13H2,1H3. The summed E-state index contributed by atoms with van der Waals surface area (Å²) in [6.07, 6.45) is 0.824. The molecule has 0 radical (unpaired) electrons. The van der Waals surface area contributed by atoms with E-state index >= 15 is 0 Å². The summed E-state index contributed by atoms with van der Waals surface area (Å²) in [6.45, 7) is 3.07. The third kappa shape index (κ3) is 4.20. The van der Waals surface area contributed by atoms with E-state index in [9.17, 15) is 9.59 Å². The zero-order valence-corrected chi connectivity index (χ0v) is 17.5. The summed E-state index contributed by atoms with van der Waals surface area (Å²) in [4.78, 5) is 27.3. The molecule has 1 aliphatic heterocycles. The van der Waals surface area contributed by atoms with Crippen LogP contribution in [0.2, 0.25) is 0 Å². The number of hydrogen-bond acceptors (Lipinski definition) is 7. The van der Waals surface area contributed by atoms with Crippen molar-refractivity contribution in [3.8, 4) is 10.7 Å². The van der Waals surface area contributed by atoms with Crippen molar-refractivity contribution < 1.29 is 14.3 Å². The van der Waals surface area contributed by atoms with E-state index in [0.29, 0.717) is 18.2 Å². The van der Waals surface area contributed by atoms with Crippen molar-refractivity contribution in [1.29, 1.82) is 0 Å². The number of fused-ring (bicyclic) bond motifs is 1. The molecule has 1 amide bonds. The van der Waals surface area contributed by atoms with Crippen molar-refractivity contribution in [2.24, 2.45) is 0 Å². The highest BCUT2D eigenvalue weighted by Gasteiger charge is 2.25. The van der Waals surface area contributed by atoms with Crippen molar-refractivity contribution in [2.75, 3.05) is 23.8 Å². The van der Waals surface area contributed by atoms with Crippen LogP contribution >= 0.6 is 23.1 Å². The molecule has 0 aliphatic carbocycles. The SMILES string of the molecule is CCn1c(SCC(=O)OCC(=O)N2CCc3ccccc32)nnc1-c1cccs1. The molecule has 1 aromatic carbocycles. The largest absolute Gasteiger partial charge is 0.455 e. The topological polar surface area (TPSA) is 77.3 Å². The molecule has 0 atom stereocenters. The lowest BCUT2D eigenvalue weighted by atomic mass is 10.2. The van der Waals surface area contributed by atoms with Gasteiger partial charge in [-0.05, 0) is 36.4 Å². The third-order valence-electron chi connectivity index (χ3n) is 4.64. The molecule has 0 unspecified atom stereocenters. The molecule has 0 N–H and O–H groups in total. The van der Waals surface area contributed by atoms with Gasteiger partial charge in [0.15, 0.2) is 17.6 Å². The zero-order chi connectivity index (χ0) is 20.2. The number of carbonyl (C=O) groups is 2. The number of hydrogen-bond donors (Lipinski definition) is 0. The Labute approximate surface area is 176 Å². The molecule has 0 saturated carbocycles. The molecule has 3 heterocycles. The highest BCUT2D eigenvalue weighted by molar-refractivity contribution is 7.99. The van der Waals surface area contributed by atoms with E-state index in [2.05, 4.69) is 10.2 Å². The van der Waals surface area contributed by atoms with Crippen LogP contribution in [-0.4, -0.2) is 45.5 Å². The smallest absolute Gasteiger partial charge is 0.316 e. The number of benzene rings is 1. The van der Waals surface area contributed by atoms with Crippen LogP contribution in [0.4, 0.5) is 5.69 Å². The first kappa shape index (κ1) is 19.7. The van der Waals surface area contributed by atoms with E-state index in [-0.39, 0.29) is 18.3 Å². The summed E-state index contributed by atoms with van der Waals surface area (Å²) < 4.78 is 7.17. The molecule has 0 spiro atoms. The van der Waals surface area contributed by atoms with Gasteiger partial charge in [-0.1, -0.05) is 36.0 Å². The molecule has 0 bridgehead atoms. The van der Waals surface area contributed by atoms with Gasteiger partial charge in [-0.3, -0.25) is 9.59 Å². The first-order chi connectivity index (χ1) is 14.2. The van der Waals surface area contributed by atoms with Gasteiger partial charge in [0.05, 0.1) is 10.6 Å². The number of carbonyl (C=O) groups excluding carboxylic acids is 2. The minimum absolute atomic E-state index is 0.0758. The molecular weight excluding hydrogens is 408 g/mol. The lowest BCUT2D eigenvalue weighted by Gasteiger charge is -2.17. The first-order valence-corrected chi connectivity index (χ1v) is 11.2. The van der Waals surface area contributed by atoms with Gasteiger partial charge in [0.1, 0.15) is 0 Å². The van der Waals surface area contributed by atoms with Gasteiger partial charge in [-0.15, -0.1) is 21.5 Å². The van der Waals surface area contributed by atoms with Gasteiger partial charge < -0.3 is 14.2 Å². The highest BCUT2D eigenvalue weighted by atomic mass is 32.2. The van der Waals surface area contributed by atoms with Crippen molar-refractivity contribution >= 4 is 40.7 Å². The number of thiophene rings is 1. The Bertz CT molecular complexity index is 1020. The van der Waals surface area contributed by atoms with Crippen LogP contribution in [0.1, 0.15) is 12.5 Å². The minimum atomic E-state index is -0.445. The average Bonchev–Trinajstić information content (AvgIpc) is 3.48. The molecule has 4 rings (SSSR count). The molecule has 1 aliphatic rings. The number of amides is 1. The quantitative estimate of drug-likeness (QED) is 0.425. The fourth-order valence-electron chi connectivity index (χ4n) is 3.25. The van der Waals surface area contributed by atoms with Crippen LogP contribution in [0.3, 0.4) is 0 Å². The molecule has 7 nitrogen and oxygen atoms in total. The van der Waals surface area contributed by atoms with Crippen LogP contribution in [0.5, 0.6) is 0 Å². The minimum Gasteiger partial charge on any atom is -0.455 e. The molecule has 29 heavy (non-hydrogen) atoms. The van der Waals surface area contributed by atoms with Gasteiger partial charge >= 0.3 is 5.97 Å². The lowest BCUT2D eigenvalue weighted by molar-refractivity contribution is -0.145. The number of para-hydroxylation sites is 1. The van der Waals surface area contributed by atoms with E-state index < -0.39 is 5.97 Å². The van der Waals surface area contributed by atoms with E-state index in [4.69, 9.17) is 4.74 Å². The Kier molecular flexibility index (Phi) is 5.96. The number of esters is 1. The van der Waals surface area contributed by atoms with Gasteiger partial charge in [0, 0.05) is 18.8 Å². The molecule has 0 fully saturated rings. The van der Waals surface area contributed by atoms with Gasteiger partial charge in [-0.2, -0.15) is 0 Å².